The number of thioether (sulfide) groups is 1. The Bertz CT molecular complexity index is 248. The van der Waals surface area contributed by atoms with Gasteiger partial charge in [-0.15, -0.1) is 0 Å². The maximum absolute atomic E-state index is 5.68. The van der Waals surface area contributed by atoms with Crippen molar-refractivity contribution in [3.8, 4) is 0 Å². The lowest BCUT2D eigenvalue weighted by atomic mass is 9.86. The molecule has 2 aliphatic rings. The Morgan fingerprint density at radius 3 is 2.89 bits per heavy atom. The average Bonchev–Trinajstić information content (AvgIpc) is 2.98. The molecule has 0 aromatic heterocycles. The van der Waals surface area contributed by atoms with Crippen molar-refractivity contribution in [1.82, 2.24) is 10.2 Å². The summed E-state index contributed by atoms with van der Waals surface area (Å²) in [7, 11) is 2.30. The molecule has 0 aromatic carbocycles. The summed E-state index contributed by atoms with van der Waals surface area (Å²) in [6.07, 6.45) is 2.56. The van der Waals surface area contributed by atoms with Gasteiger partial charge in [-0.1, -0.05) is 13.8 Å². The van der Waals surface area contributed by atoms with E-state index in [1.165, 1.54) is 30.9 Å². The van der Waals surface area contributed by atoms with Crippen molar-refractivity contribution in [3.63, 3.8) is 0 Å². The molecule has 2 fully saturated rings. The molecule has 3 nitrogen and oxygen atoms in total. The Balaban J connectivity index is 1.88. The van der Waals surface area contributed by atoms with Crippen LogP contribution in [0.3, 0.4) is 0 Å². The summed E-state index contributed by atoms with van der Waals surface area (Å²) in [5.74, 6) is 2.65. The van der Waals surface area contributed by atoms with Crippen LogP contribution < -0.4 is 5.32 Å². The van der Waals surface area contributed by atoms with E-state index in [2.05, 4.69) is 42.9 Å². The number of nitrogens with one attached hydrogen (secondary N) is 1. The summed E-state index contributed by atoms with van der Waals surface area (Å²) >= 11 is 2.10. The summed E-state index contributed by atoms with van der Waals surface area (Å²) < 4.78 is 5.68. The Hall–Kier alpha value is 0.230. The van der Waals surface area contributed by atoms with Crippen molar-refractivity contribution in [3.05, 3.63) is 0 Å². The summed E-state index contributed by atoms with van der Waals surface area (Å²) in [6, 6.07) is 1.35. The molecule has 1 N–H and O–H groups in total. The van der Waals surface area contributed by atoms with Crippen molar-refractivity contribution in [2.24, 2.45) is 5.41 Å². The maximum atomic E-state index is 5.68. The van der Waals surface area contributed by atoms with Gasteiger partial charge >= 0.3 is 0 Å². The molecule has 0 spiro atoms. The van der Waals surface area contributed by atoms with Crippen molar-refractivity contribution in [2.45, 2.75) is 38.8 Å². The van der Waals surface area contributed by atoms with Gasteiger partial charge in [-0.2, -0.15) is 11.8 Å². The summed E-state index contributed by atoms with van der Waals surface area (Å²) in [6.45, 7) is 8.58. The summed E-state index contributed by atoms with van der Waals surface area (Å²) in [5.41, 5.74) is 0.340. The second kappa shape index (κ2) is 6.60. The van der Waals surface area contributed by atoms with Crippen LogP contribution in [0.1, 0.15) is 26.7 Å². The molecule has 0 bridgehead atoms. The van der Waals surface area contributed by atoms with Crippen LogP contribution in [0.15, 0.2) is 0 Å². The van der Waals surface area contributed by atoms with Crippen LogP contribution in [0.2, 0.25) is 0 Å². The van der Waals surface area contributed by atoms with Gasteiger partial charge in [0.25, 0.3) is 0 Å². The first-order valence-corrected chi connectivity index (χ1v) is 8.36. The highest BCUT2D eigenvalue weighted by molar-refractivity contribution is 7.99. The highest BCUT2D eigenvalue weighted by Gasteiger charge is 2.37. The van der Waals surface area contributed by atoms with Crippen LogP contribution in [0, 0.1) is 5.41 Å². The molecule has 2 rings (SSSR count). The second-order valence-corrected chi connectivity index (χ2v) is 7.42. The Labute approximate surface area is 116 Å². The third kappa shape index (κ3) is 3.86. The van der Waals surface area contributed by atoms with Crippen LogP contribution in [0.25, 0.3) is 0 Å². The van der Waals surface area contributed by atoms with E-state index >= 15 is 0 Å². The molecule has 18 heavy (non-hydrogen) atoms. The van der Waals surface area contributed by atoms with E-state index in [0.717, 1.165) is 25.8 Å². The van der Waals surface area contributed by atoms with E-state index in [1.807, 2.05) is 0 Å². The molecule has 0 aliphatic carbocycles. The molecular formula is C14H28N2OS. The molecular weight excluding hydrogens is 244 g/mol. The predicted octanol–water partition coefficient (Wildman–Crippen LogP) is 1.83. The molecule has 2 atom stereocenters. The van der Waals surface area contributed by atoms with Crippen molar-refractivity contribution in [1.29, 1.82) is 0 Å². The van der Waals surface area contributed by atoms with Gasteiger partial charge in [0.1, 0.15) is 0 Å². The molecule has 2 aliphatic heterocycles. The first-order chi connectivity index (χ1) is 8.61. The van der Waals surface area contributed by atoms with E-state index in [1.54, 1.807) is 0 Å². The zero-order valence-corrected chi connectivity index (χ0v) is 12.9. The van der Waals surface area contributed by atoms with Crippen LogP contribution in [-0.4, -0.2) is 61.8 Å². The molecule has 0 saturated carbocycles. The minimum atomic E-state index is 0.340. The number of hydrogen-bond donors (Lipinski definition) is 1. The summed E-state index contributed by atoms with van der Waals surface area (Å²) in [4.78, 5) is 2.58. The minimum absolute atomic E-state index is 0.340. The van der Waals surface area contributed by atoms with Crippen LogP contribution in [0.5, 0.6) is 0 Å². The van der Waals surface area contributed by atoms with E-state index in [0.29, 0.717) is 11.5 Å². The first-order valence-electron chi connectivity index (χ1n) is 7.20. The smallest absolute Gasteiger partial charge is 0.0547 e. The van der Waals surface area contributed by atoms with Crippen molar-refractivity contribution < 1.29 is 4.74 Å². The maximum Gasteiger partial charge on any atom is 0.0547 e. The third-order valence-electron chi connectivity index (χ3n) is 4.18. The Morgan fingerprint density at radius 1 is 1.50 bits per heavy atom. The van der Waals surface area contributed by atoms with Crippen molar-refractivity contribution >= 4 is 11.8 Å². The van der Waals surface area contributed by atoms with Crippen LogP contribution in [0.4, 0.5) is 0 Å². The number of rotatable bonds is 6. The molecule has 0 radical (unpaired) electrons. The highest BCUT2D eigenvalue weighted by Crippen LogP contribution is 2.31. The van der Waals surface area contributed by atoms with Gasteiger partial charge in [0.05, 0.1) is 6.61 Å². The predicted molar refractivity (Wildman–Crippen MR) is 79.4 cm³/mol. The Morgan fingerprint density at radius 2 is 2.33 bits per heavy atom. The number of nitrogens with zero attached hydrogens (tertiary/aromatic N) is 1. The fourth-order valence-electron chi connectivity index (χ4n) is 2.92. The van der Waals surface area contributed by atoms with Gasteiger partial charge in [-0.3, -0.25) is 0 Å². The summed E-state index contributed by atoms with van der Waals surface area (Å²) in [5, 5.41) is 3.61. The average molecular weight is 272 g/mol. The van der Waals surface area contributed by atoms with Gasteiger partial charge in [-0.05, 0) is 25.6 Å². The number of hydrogen-bond acceptors (Lipinski definition) is 4. The van der Waals surface area contributed by atoms with E-state index < -0.39 is 0 Å². The largest absolute Gasteiger partial charge is 0.381 e. The minimum Gasteiger partial charge on any atom is -0.381 e. The SMILES string of the molecule is CC(C)NCC1(CN(C)C2CCSC2)CCOC1. The lowest BCUT2D eigenvalue weighted by molar-refractivity contribution is 0.104. The van der Waals surface area contributed by atoms with E-state index in [-0.39, 0.29) is 0 Å². The van der Waals surface area contributed by atoms with Gasteiger partial charge in [0.15, 0.2) is 0 Å². The first kappa shape index (κ1) is 14.6. The zero-order valence-electron chi connectivity index (χ0n) is 12.1. The topological polar surface area (TPSA) is 24.5 Å². The fourth-order valence-corrected chi connectivity index (χ4v) is 4.22. The van der Waals surface area contributed by atoms with Crippen molar-refractivity contribution in [2.75, 3.05) is 44.9 Å². The normalized spacial score (nSPS) is 32.8. The third-order valence-corrected chi connectivity index (χ3v) is 5.33. The molecule has 4 heteroatoms. The van der Waals surface area contributed by atoms with Gasteiger partial charge in [-0.25, -0.2) is 0 Å². The fraction of sp³-hybridized carbons (Fsp3) is 1.00. The lowest BCUT2D eigenvalue weighted by Crippen LogP contribution is -2.47. The molecule has 106 valence electrons. The highest BCUT2D eigenvalue weighted by atomic mass is 32.2. The van der Waals surface area contributed by atoms with Crippen LogP contribution in [-0.2, 0) is 4.74 Å². The quantitative estimate of drug-likeness (QED) is 0.797. The molecule has 2 unspecified atom stereocenters. The number of ether oxygens (including phenoxy) is 1. The Kier molecular flexibility index (Phi) is 5.36. The lowest BCUT2D eigenvalue weighted by Gasteiger charge is -2.35. The standard InChI is InChI=1S/C14H28N2OS/c1-12(2)15-9-14(5-6-17-11-14)10-16(3)13-4-7-18-8-13/h12-13,15H,4-11H2,1-3H3. The molecule has 2 saturated heterocycles. The molecule has 0 aromatic rings. The van der Waals surface area contributed by atoms with E-state index in [4.69, 9.17) is 4.74 Å². The monoisotopic (exact) mass is 272 g/mol. The molecule has 2 heterocycles. The van der Waals surface area contributed by atoms with E-state index in [9.17, 15) is 0 Å². The van der Waals surface area contributed by atoms with Gasteiger partial charge in [0.2, 0.25) is 0 Å². The molecule has 0 amide bonds. The van der Waals surface area contributed by atoms with Crippen LogP contribution >= 0.6 is 11.8 Å². The second-order valence-electron chi connectivity index (χ2n) is 6.27. The van der Waals surface area contributed by atoms with Gasteiger partial charge < -0.3 is 15.0 Å². The zero-order chi connectivity index (χ0) is 13.0. The van der Waals surface area contributed by atoms with Gasteiger partial charge in [0, 0.05) is 42.9 Å².